The summed E-state index contributed by atoms with van der Waals surface area (Å²) in [6, 6.07) is 9.77. The molecule has 1 aliphatic carbocycles. The summed E-state index contributed by atoms with van der Waals surface area (Å²) in [6.45, 7) is 4.92. The number of aryl methyl sites for hydroxylation is 1. The van der Waals surface area contributed by atoms with E-state index in [0.29, 0.717) is 30.4 Å². The molecule has 8 heteroatoms. The van der Waals surface area contributed by atoms with Gasteiger partial charge in [0.2, 0.25) is 5.76 Å². The summed E-state index contributed by atoms with van der Waals surface area (Å²) in [4.78, 5) is 27.3. The summed E-state index contributed by atoms with van der Waals surface area (Å²) in [5, 5.41) is 4.95. The quantitative estimate of drug-likeness (QED) is 0.494. The number of likely N-dealkylation sites (tertiary alicyclic amines) is 1. The van der Waals surface area contributed by atoms with Crippen LogP contribution in [0, 0.1) is 12.8 Å². The Morgan fingerprint density at radius 1 is 1.17 bits per heavy atom. The molecule has 2 aliphatic rings. The zero-order valence-electron chi connectivity index (χ0n) is 20.2. The Hall–Kier alpha value is -3.13. The van der Waals surface area contributed by atoms with Crippen molar-refractivity contribution < 1.29 is 23.3 Å². The van der Waals surface area contributed by atoms with Crippen molar-refractivity contribution in [2.24, 2.45) is 11.7 Å². The number of furan rings is 1. The fourth-order valence-electron chi connectivity index (χ4n) is 5.67. The van der Waals surface area contributed by atoms with Crippen molar-refractivity contribution in [2.75, 3.05) is 19.6 Å². The van der Waals surface area contributed by atoms with Crippen LogP contribution in [0.1, 0.15) is 72.7 Å². The van der Waals surface area contributed by atoms with Gasteiger partial charge in [0.25, 0.3) is 5.91 Å². The molecular weight excluding hydrogens is 446 g/mol. The lowest BCUT2D eigenvalue weighted by Gasteiger charge is -2.38. The third-order valence-electron chi connectivity index (χ3n) is 7.87. The molecule has 3 heterocycles. The zero-order chi connectivity index (χ0) is 24.4. The van der Waals surface area contributed by atoms with Crippen LogP contribution in [0.4, 0.5) is 0 Å². The number of ether oxygens (including phenoxy) is 1. The number of rotatable bonds is 7. The minimum atomic E-state index is -1.26. The molecule has 1 saturated carbocycles. The van der Waals surface area contributed by atoms with Crippen molar-refractivity contribution in [3.63, 3.8) is 0 Å². The van der Waals surface area contributed by atoms with Crippen molar-refractivity contribution in [2.45, 2.75) is 63.4 Å². The van der Waals surface area contributed by atoms with Crippen LogP contribution in [0.5, 0.6) is 0 Å². The van der Waals surface area contributed by atoms with E-state index in [-0.39, 0.29) is 5.76 Å². The van der Waals surface area contributed by atoms with Gasteiger partial charge < -0.3 is 24.3 Å². The minimum Gasteiger partial charge on any atom is -0.464 e. The van der Waals surface area contributed by atoms with E-state index in [1.807, 2.05) is 18.4 Å². The first kappa shape index (κ1) is 23.6. The standard InChI is InChI=1S/C27H33N3O5/c1-18-16-24(35-29-18)25(31)34-27(26(28)32)11-6-19(7-12-27)8-13-30-14-9-20(10-15-30)22-17-33-23-5-3-2-4-21(22)23/h2-5,16-17,19-20H,6-15H2,1H3,(H2,28,32). The van der Waals surface area contributed by atoms with Crippen LogP contribution in [0.3, 0.4) is 0 Å². The van der Waals surface area contributed by atoms with Gasteiger partial charge in [-0.3, -0.25) is 4.79 Å². The van der Waals surface area contributed by atoms with Crippen molar-refractivity contribution in [3.05, 3.63) is 53.6 Å². The number of hydrogen-bond donors (Lipinski definition) is 1. The Bertz CT molecular complexity index is 1180. The van der Waals surface area contributed by atoms with Crippen LogP contribution in [-0.2, 0) is 9.53 Å². The number of piperidine rings is 1. The number of esters is 1. The van der Waals surface area contributed by atoms with Crippen molar-refractivity contribution >= 4 is 22.8 Å². The van der Waals surface area contributed by atoms with Gasteiger partial charge in [-0.2, -0.15) is 0 Å². The van der Waals surface area contributed by atoms with Gasteiger partial charge in [-0.05, 0) is 89.4 Å². The molecule has 35 heavy (non-hydrogen) atoms. The van der Waals surface area contributed by atoms with Gasteiger partial charge in [0, 0.05) is 17.0 Å². The van der Waals surface area contributed by atoms with E-state index in [4.69, 9.17) is 19.4 Å². The SMILES string of the molecule is Cc1cc(C(=O)OC2(C(N)=O)CCC(CCN3CCC(c4coc5ccccc45)CC3)CC2)on1. The molecule has 2 fully saturated rings. The molecule has 0 atom stereocenters. The number of benzene rings is 1. The summed E-state index contributed by atoms with van der Waals surface area (Å²) in [5.74, 6) is -0.240. The molecule has 2 aromatic heterocycles. The van der Waals surface area contributed by atoms with Crippen LogP contribution in [0.2, 0.25) is 0 Å². The van der Waals surface area contributed by atoms with E-state index in [2.05, 4.69) is 22.2 Å². The molecule has 1 aliphatic heterocycles. The molecule has 0 radical (unpaired) electrons. The van der Waals surface area contributed by atoms with Gasteiger partial charge in [-0.15, -0.1) is 0 Å². The van der Waals surface area contributed by atoms with E-state index < -0.39 is 17.5 Å². The Kier molecular flexibility index (Phi) is 6.65. The fourth-order valence-corrected chi connectivity index (χ4v) is 5.67. The normalized spacial score (nSPS) is 24.0. The van der Waals surface area contributed by atoms with Gasteiger partial charge >= 0.3 is 5.97 Å². The summed E-state index contributed by atoms with van der Waals surface area (Å²) in [5.41, 5.74) is 7.30. The number of primary amides is 1. The molecule has 2 N–H and O–H groups in total. The Balaban J connectivity index is 1.09. The predicted octanol–water partition coefficient (Wildman–Crippen LogP) is 4.57. The van der Waals surface area contributed by atoms with Gasteiger partial charge in [0.1, 0.15) is 5.58 Å². The third-order valence-corrected chi connectivity index (χ3v) is 7.87. The number of nitrogens with zero attached hydrogens (tertiary/aromatic N) is 2. The van der Waals surface area contributed by atoms with E-state index in [9.17, 15) is 9.59 Å². The molecule has 0 bridgehead atoms. The Morgan fingerprint density at radius 2 is 1.91 bits per heavy atom. The number of amides is 1. The number of carbonyl (C=O) groups is 2. The van der Waals surface area contributed by atoms with E-state index >= 15 is 0 Å². The topological polar surface area (TPSA) is 112 Å². The van der Waals surface area contributed by atoms with Crippen LogP contribution in [0.15, 0.2) is 45.5 Å². The highest BCUT2D eigenvalue weighted by molar-refractivity contribution is 5.91. The lowest BCUT2D eigenvalue weighted by molar-refractivity contribution is -0.142. The fraction of sp³-hybridized carbons (Fsp3) is 0.519. The predicted molar refractivity (Wildman–Crippen MR) is 130 cm³/mol. The Morgan fingerprint density at radius 3 is 2.60 bits per heavy atom. The smallest absolute Gasteiger partial charge is 0.378 e. The van der Waals surface area contributed by atoms with Crippen LogP contribution in [-0.4, -0.2) is 47.2 Å². The van der Waals surface area contributed by atoms with Gasteiger partial charge in [0.05, 0.1) is 12.0 Å². The molecule has 3 aromatic rings. The molecule has 1 saturated heterocycles. The number of nitrogens with two attached hydrogens (primary N) is 1. The number of aromatic nitrogens is 1. The summed E-state index contributed by atoms with van der Waals surface area (Å²) in [7, 11) is 0. The average molecular weight is 480 g/mol. The van der Waals surface area contributed by atoms with Crippen molar-refractivity contribution in [3.8, 4) is 0 Å². The molecule has 186 valence electrons. The highest BCUT2D eigenvalue weighted by Gasteiger charge is 2.44. The molecule has 0 unspecified atom stereocenters. The highest BCUT2D eigenvalue weighted by Crippen LogP contribution is 2.38. The first-order valence-corrected chi connectivity index (χ1v) is 12.6. The first-order chi connectivity index (χ1) is 16.9. The van der Waals surface area contributed by atoms with Crippen LogP contribution in [0.25, 0.3) is 11.0 Å². The molecular formula is C27H33N3O5. The van der Waals surface area contributed by atoms with Crippen LogP contribution >= 0.6 is 0 Å². The number of para-hydroxylation sites is 1. The molecule has 1 amide bonds. The van der Waals surface area contributed by atoms with Gasteiger partial charge in [-0.25, -0.2) is 4.79 Å². The monoisotopic (exact) mass is 479 g/mol. The van der Waals surface area contributed by atoms with Gasteiger partial charge in [-0.1, -0.05) is 23.4 Å². The maximum Gasteiger partial charge on any atom is 0.378 e. The van der Waals surface area contributed by atoms with Crippen molar-refractivity contribution in [1.82, 2.24) is 10.1 Å². The molecule has 8 nitrogen and oxygen atoms in total. The highest BCUT2D eigenvalue weighted by atomic mass is 16.6. The second kappa shape index (κ2) is 9.85. The number of fused-ring (bicyclic) bond motifs is 1. The Labute approximate surface area is 204 Å². The second-order valence-electron chi connectivity index (χ2n) is 10.1. The number of carbonyl (C=O) groups excluding carboxylic acids is 2. The van der Waals surface area contributed by atoms with E-state index in [1.54, 1.807) is 6.92 Å². The minimum absolute atomic E-state index is 0.00271. The number of hydrogen-bond acceptors (Lipinski definition) is 7. The van der Waals surface area contributed by atoms with E-state index in [1.165, 1.54) is 17.0 Å². The second-order valence-corrected chi connectivity index (χ2v) is 10.1. The molecule has 0 spiro atoms. The lowest BCUT2D eigenvalue weighted by Crippen LogP contribution is -2.50. The summed E-state index contributed by atoms with van der Waals surface area (Å²) in [6.07, 6.45) is 7.79. The maximum atomic E-state index is 12.5. The largest absolute Gasteiger partial charge is 0.464 e. The lowest BCUT2D eigenvalue weighted by atomic mass is 9.77. The summed E-state index contributed by atoms with van der Waals surface area (Å²) >= 11 is 0. The zero-order valence-corrected chi connectivity index (χ0v) is 20.2. The maximum absolute atomic E-state index is 12.5. The first-order valence-electron chi connectivity index (χ1n) is 12.6. The van der Waals surface area contributed by atoms with Crippen LogP contribution < -0.4 is 5.73 Å². The third kappa shape index (κ3) is 4.98. The molecule has 1 aromatic carbocycles. The van der Waals surface area contributed by atoms with Gasteiger partial charge in [0.15, 0.2) is 5.60 Å². The average Bonchev–Trinajstić information content (AvgIpc) is 3.50. The van der Waals surface area contributed by atoms with Crippen molar-refractivity contribution in [1.29, 1.82) is 0 Å². The van der Waals surface area contributed by atoms with E-state index in [0.717, 1.165) is 57.3 Å². The molecule has 5 rings (SSSR count). The summed E-state index contributed by atoms with van der Waals surface area (Å²) < 4.78 is 16.3.